The summed E-state index contributed by atoms with van der Waals surface area (Å²) in [5.41, 5.74) is 0. The maximum Gasteiger partial charge on any atom is 0.320 e. The molecule has 0 saturated heterocycles. The molecule has 0 spiro atoms. The van der Waals surface area contributed by atoms with Crippen molar-refractivity contribution in [3.05, 3.63) is 0 Å². The number of esters is 1. The minimum Gasteiger partial charge on any atom is -0.468 e. The summed E-state index contributed by atoms with van der Waals surface area (Å²) in [6.45, 7) is 1.42. The molecule has 1 unspecified atom stereocenters. The Bertz CT molecular complexity index is 160. The molecule has 0 radical (unpaired) electrons. The van der Waals surface area contributed by atoms with Crippen molar-refractivity contribution in [2.75, 3.05) is 12.4 Å². The van der Waals surface area contributed by atoms with E-state index < -0.39 is 5.25 Å². The number of hydrogen-bond donors (Lipinski definition) is 0. The van der Waals surface area contributed by atoms with Crippen molar-refractivity contribution in [1.82, 2.24) is 0 Å². The number of carbonyl (C=O) groups excluding carboxylic acids is 2. The molecule has 0 aromatic rings. The standard InChI is InChI=1S/C6H9BrO3S/c1-4(8)11-5(3-7)6(9)10-2/h5H,3H2,1-2H3. The quantitative estimate of drug-likeness (QED) is 0.550. The third kappa shape index (κ3) is 4.42. The molecular formula is C6H9BrO3S. The lowest BCUT2D eigenvalue weighted by Gasteiger charge is -2.07. The monoisotopic (exact) mass is 240 g/mol. The molecule has 0 fully saturated rings. The molecule has 3 nitrogen and oxygen atoms in total. The van der Waals surface area contributed by atoms with E-state index >= 15 is 0 Å². The second-order valence-electron chi connectivity index (χ2n) is 1.78. The van der Waals surface area contributed by atoms with Crippen molar-refractivity contribution < 1.29 is 14.3 Å². The van der Waals surface area contributed by atoms with Crippen LogP contribution in [0.4, 0.5) is 0 Å². The van der Waals surface area contributed by atoms with E-state index in [1.165, 1.54) is 14.0 Å². The Labute approximate surface area is 78.0 Å². The van der Waals surface area contributed by atoms with E-state index in [-0.39, 0.29) is 11.1 Å². The van der Waals surface area contributed by atoms with Gasteiger partial charge in [-0.15, -0.1) is 0 Å². The molecule has 1 atom stereocenters. The first-order chi connectivity index (χ1) is 5.11. The van der Waals surface area contributed by atoms with Crippen LogP contribution in [0.15, 0.2) is 0 Å². The molecule has 0 N–H and O–H groups in total. The summed E-state index contributed by atoms with van der Waals surface area (Å²) < 4.78 is 4.46. The van der Waals surface area contributed by atoms with Crippen LogP contribution in [0, 0.1) is 0 Å². The fourth-order valence-corrected chi connectivity index (χ4v) is 1.79. The van der Waals surface area contributed by atoms with Crippen LogP contribution in [0.5, 0.6) is 0 Å². The van der Waals surface area contributed by atoms with Gasteiger partial charge in [0.15, 0.2) is 5.12 Å². The van der Waals surface area contributed by atoms with Gasteiger partial charge in [0, 0.05) is 12.3 Å². The van der Waals surface area contributed by atoms with Crippen LogP contribution in [-0.2, 0) is 14.3 Å². The van der Waals surface area contributed by atoms with Gasteiger partial charge in [-0.1, -0.05) is 27.7 Å². The Hall–Kier alpha value is -0.0300. The topological polar surface area (TPSA) is 43.4 Å². The van der Waals surface area contributed by atoms with Crippen molar-refractivity contribution in [2.24, 2.45) is 0 Å². The number of ether oxygens (including phenoxy) is 1. The van der Waals surface area contributed by atoms with Crippen LogP contribution in [0.25, 0.3) is 0 Å². The molecule has 0 aliphatic heterocycles. The SMILES string of the molecule is COC(=O)C(CBr)SC(C)=O. The van der Waals surface area contributed by atoms with Crippen molar-refractivity contribution in [2.45, 2.75) is 12.2 Å². The molecule has 0 amide bonds. The predicted molar refractivity (Wildman–Crippen MR) is 47.9 cm³/mol. The Kier molecular flexibility index (Phi) is 5.58. The zero-order chi connectivity index (χ0) is 8.85. The molecule has 0 bridgehead atoms. The first kappa shape index (κ1) is 11.0. The molecule has 0 saturated carbocycles. The molecular weight excluding hydrogens is 232 g/mol. The molecule has 0 rings (SSSR count). The van der Waals surface area contributed by atoms with Gasteiger partial charge in [-0.2, -0.15) is 0 Å². The van der Waals surface area contributed by atoms with E-state index in [2.05, 4.69) is 20.7 Å². The highest BCUT2D eigenvalue weighted by molar-refractivity contribution is 9.09. The summed E-state index contributed by atoms with van der Waals surface area (Å²) in [7, 11) is 1.30. The highest BCUT2D eigenvalue weighted by atomic mass is 79.9. The van der Waals surface area contributed by atoms with Gasteiger partial charge < -0.3 is 4.74 Å². The second kappa shape index (κ2) is 5.60. The van der Waals surface area contributed by atoms with Crippen LogP contribution in [0.3, 0.4) is 0 Å². The summed E-state index contributed by atoms with van der Waals surface area (Å²) in [6, 6.07) is 0. The fourth-order valence-electron chi connectivity index (χ4n) is 0.474. The molecule has 0 aromatic heterocycles. The van der Waals surface area contributed by atoms with Crippen molar-refractivity contribution in [3.63, 3.8) is 0 Å². The first-order valence-electron chi connectivity index (χ1n) is 2.92. The Balaban J connectivity index is 3.94. The molecule has 64 valence electrons. The zero-order valence-corrected chi connectivity index (χ0v) is 8.70. The maximum absolute atomic E-state index is 10.9. The minimum absolute atomic E-state index is 0.0835. The van der Waals surface area contributed by atoms with Gasteiger partial charge in [-0.25, -0.2) is 0 Å². The number of alkyl halides is 1. The Morgan fingerprint density at radius 2 is 2.18 bits per heavy atom. The highest BCUT2D eigenvalue weighted by Crippen LogP contribution is 2.15. The Morgan fingerprint density at radius 3 is 2.45 bits per heavy atom. The average Bonchev–Trinajstić information content (AvgIpc) is 1.98. The number of hydrogen-bond acceptors (Lipinski definition) is 4. The Morgan fingerprint density at radius 1 is 1.64 bits per heavy atom. The zero-order valence-electron chi connectivity index (χ0n) is 6.30. The van der Waals surface area contributed by atoms with Gasteiger partial charge in [0.2, 0.25) is 0 Å². The summed E-state index contributed by atoms with van der Waals surface area (Å²) in [4.78, 5) is 21.4. The van der Waals surface area contributed by atoms with Crippen LogP contribution in [0.2, 0.25) is 0 Å². The van der Waals surface area contributed by atoms with Gasteiger partial charge in [0.05, 0.1) is 7.11 Å². The summed E-state index contributed by atoms with van der Waals surface area (Å²) in [5, 5.41) is -0.0680. The van der Waals surface area contributed by atoms with E-state index in [0.717, 1.165) is 11.8 Å². The van der Waals surface area contributed by atoms with Gasteiger partial charge in [-0.05, 0) is 0 Å². The van der Waals surface area contributed by atoms with Crippen LogP contribution >= 0.6 is 27.7 Å². The number of thioether (sulfide) groups is 1. The van der Waals surface area contributed by atoms with E-state index in [9.17, 15) is 9.59 Å². The van der Waals surface area contributed by atoms with Gasteiger partial charge >= 0.3 is 5.97 Å². The normalized spacial score (nSPS) is 12.3. The number of halogens is 1. The van der Waals surface area contributed by atoms with Crippen molar-refractivity contribution >= 4 is 38.8 Å². The lowest BCUT2D eigenvalue weighted by molar-refractivity contribution is -0.139. The second-order valence-corrected chi connectivity index (χ2v) is 3.80. The molecule has 0 aliphatic carbocycles. The maximum atomic E-state index is 10.9. The average molecular weight is 241 g/mol. The van der Waals surface area contributed by atoms with Crippen molar-refractivity contribution in [3.8, 4) is 0 Å². The molecule has 5 heteroatoms. The third-order valence-electron chi connectivity index (χ3n) is 0.912. The van der Waals surface area contributed by atoms with E-state index in [1.54, 1.807) is 0 Å². The van der Waals surface area contributed by atoms with Crippen LogP contribution in [-0.4, -0.2) is 28.8 Å². The van der Waals surface area contributed by atoms with Gasteiger partial charge in [0.25, 0.3) is 0 Å². The lowest BCUT2D eigenvalue weighted by Crippen LogP contribution is -2.21. The molecule has 0 aliphatic rings. The first-order valence-corrected chi connectivity index (χ1v) is 4.93. The largest absolute Gasteiger partial charge is 0.468 e. The molecule has 0 heterocycles. The number of methoxy groups -OCH3 is 1. The summed E-state index contributed by atoms with van der Waals surface area (Å²) in [5.74, 6) is -0.373. The van der Waals surface area contributed by atoms with Crippen LogP contribution < -0.4 is 0 Å². The van der Waals surface area contributed by atoms with Gasteiger partial charge in [-0.3, -0.25) is 9.59 Å². The third-order valence-corrected chi connectivity index (χ3v) is 2.96. The minimum atomic E-state index is -0.419. The number of rotatable bonds is 3. The van der Waals surface area contributed by atoms with Gasteiger partial charge in [0.1, 0.15) is 5.25 Å². The summed E-state index contributed by atoms with van der Waals surface area (Å²) >= 11 is 4.08. The van der Waals surface area contributed by atoms with E-state index in [1.807, 2.05) is 0 Å². The predicted octanol–water partition coefficient (Wildman–Crippen LogP) is 1.20. The molecule has 11 heavy (non-hydrogen) atoms. The van der Waals surface area contributed by atoms with Crippen molar-refractivity contribution in [1.29, 1.82) is 0 Å². The van der Waals surface area contributed by atoms with E-state index in [0.29, 0.717) is 5.33 Å². The summed E-state index contributed by atoms with van der Waals surface area (Å²) in [6.07, 6.45) is 0. The van der Waals surface area contributed by atoms with Crippen LogP contribution in [0.1, 0.15) is 6.92 Å². The number of carbonyl (C=O) groups is 2. The van der Waals surface area contributed by atoms with E-state index in [4.69, 9.17) is 0 Å². The smallest absolute Gasteiger partial charge is 0.320 e. The lowest BCUT2D eigenvalue weighted by atomic mass is 10.5. The molecule has 0 aromatic carbocycles. The highest BCUT2D eigenvalue weighted by Gasteiger charge is 2.19. The fraction of sp³-hybridized carbons (Fsp3) is 0.667.